The van der Waals surface area contributed by atoms with Gasteiger partial charge in [-0.25, -0.2) is 10.1 Å². The Morgan fingerprint density at radius 3 is 2.21 bits per heavy atom. The van der Waals surface area contributed by atoms with E-state index >= 15 is 0 Å². The topological polar surface area (TPSA) is 179 Å². The molecule has 4 N–H and O–H groups in total. The monoisotopic (exact) mass is 741 g/mol. The summed E-state index contributed by atoms with van der Waals surface area (Å²) in [5, 5.41) is 32.3. The second-order valence-electron chi connectivity index (χ2n) is 14.3. The van der Waals surface area contributed by atoms with Crippen LogP contribution in [0.1, 0.15) is 113 Å². The summed E-state index contributed by atoms with van der Waals surface area (Å²) in [4.78, 5) is 49.9. The molecule has 0 unspecified atom stereocenters. The SMILES string of the molecule is CCCO[C@H](C[C@H](C(C)C)N(C)C(=O)[C@@H](NC(=O)[C@@H]([C@@H](C)CC)N(C)C)[C@@H](C)CC)c1nc(C(=O)N[C@@H](Cc2ccc(O)cc2)c2nnn[nH]2)cs1. The summed E-state index contributed by atoms with van der Waals surface area (Å²) >= 11 is 1.34. The Morgan fingerprint density at radius 2 is 1.65 bits per heavy atom. The molecule has 2 heterocycles. The third-order valence-corrected chi connectivity index (χ3v) is 10.7. The highest BCUT2D eigenvalue weighted by Gasteiger charge is 2.37. The lowest BCUT2D eigenvalue weighted by atomic mass is 9.92. The number of aromatic nitrogens is 5. The van der Waals surface area contributed by atoms with Gasteiger partial charge in [0.1, 0.15) is 28.6 Å². The van der Waals surface area contributed by atoms with Crippen LogP contribution in [0.15, 0.2) is 29.6 Å². The second kappa shape index (κ2) is 20.3. The fourth-order valence-electron chi connectivity index (χ4n) is 6.30. The fraction of sp³-hybridized carbons (Fsp3) is 0.649. The van der Waals surface area contributed by atoms with Crippen molar-refractivity contribution in [2.75, 3.05) is 27.7 Å². The average Bonchev–Trinajstić information content (AvgIpc) is 3.84. The van der Waals surface area contributed by atoms with Crippen molar-refractivity contribution in [3.05, 3.63) is 51.7 Å². The number of rotatable bonds is 21. The Hall–Kier alpha value is -3.95. The van der Waals surface area contributed by atoms with Gasteiger partial charge in [0.15, 0.2) is 5.82 Å². The largest absolute Gasteiger partial charge is 0.508 e. The number of nitrogens with zero attached hydrogens (tertiary/aromatic N) is 6. The first-order valence-electron chi connectivity index (χ1n) is 18.3. The number of hydrogen-bond acceptors (Lipinski definition) is 11. The summed E-state index contributed by atoms with van der Waals surface area (Å²) in [6, 6.07) is 4.85. The van der Waals surface area contributed by atoms with Gasteiger partial charge in [0.2, 0.25) is 11.8 Å². The van der Waals surface area contributed by atoms with Gasteiger partial charge in [-0.1, -0.05) is 73.4 Å². The van der Waals surface area contributed by atoms with Gasteiger partial charge in [-0.3, -0.25) is 19.3 Å². The predicted octanol–water partition coefficient (Wildman–Crippen LogP) is 4.92. The predicted molar refractivity (Wildman–Crippen MR) is 202 cm³/mol. The van der Waals surface area contributed by atoms with Gasteiger partial charge >= 0.3 is 0 Å². The van der Waals surface area contributed by atoms with E-state index < -0.39 is 24.1 Å². The number of amides is 3. The number of tetrazole rings is 1. The highest BCUT2D eigenvalue weighted by molar-refractivity contribution is 7.09. The molecule has 0 saturated carbocycles. The Bertz CT molecular complexity index is 1530. The normalized spacial score (nSPS) is 15.8. The molecular weight excluding hydrogens is 683 g/mol. The molecule has 288 valence electrons. The maximum Gasteiger partial charge on any atom is 0.271 e. The number of H-pyrrole nitrogens is 1. The van der Waals surface area contributed by atoms with Crippen molar-refractivity contribution in [2.45, 2.75) is 111 Å². The van der Waals surface area contributed by atoms with Gasteiger partial charge in [-0.05, 0) is 66.4 Å². The molecular formula is C37H59N9O5S. The zero-order chi connectivity index (χ0) is 38.5. The van der Waals surface area contributed by atoms with Crippen molar-refractivity contribution in [1.82, 2.24) is 46.0 Å². The summed E-state index contributed by atoms with van der Waals surface area (Å²) in [6.07, 6.45) is 2.71. The third kappa shape index (κ3) is 11.5. The molecule has 0 bridgehead atoms. The van der Waals surface area contributed by atoms with E-state index in [1.54, 1.807) is 41.6 Å². The fourth-order valence-corrected chi connectivity index (χ4v) is 7.16. The van der Waals surface area contributed by atoms with Gasteiger partial charge in [-0.15, -0.1) is 16.4 Å². The van der Waals surface area contributed by atoms with Gasteiger partial charge in [0, 0.05) is 37.9 Å². The van der Waals surface area contributed by atoms with Crippen molar-refractivity contribution >= 4 is 29.1 Å². The summed E-state index contributed by atoms with van der Waals surface area (Å²) < 4.78 is 6.35. The maximum absolute atomic E-state index is 14.3. The van der Waals surface area contributed by atoms with Crippen LogP contribution < -0.4 is 10.6 Å². The van der Waals surface area contributed by atoms with Crippen LogP contribution in [0.25, 0.3) is 0 Å². The van der Waals surface area contributed by atoms with Gasteiger partial charge in [-0.2, -0.15) is 0 Å². The lowest BCUT2D eigenvalue weighted by Gasteiger charge is -2.38. The molecule has 0 spiro atoms. The van der Waals surface area contributed by atoms with Crippen molar-refractivity contribution in [3.8, 4) is 5.75 Å². The van der Waals surface area contributed by atoms with Crippen molar-refractivity contribution in [3.63, 3.8) is 0 Å². The maximum atomic E-state index is 14.3. The molecule has 3 rings (SSSR count). The van der Waals surface area contributed by atoms with Crippen molar-refractivity contribution in [1.29, 1.82) is 0 Å². The van der Waals surface area contributed by atoms with Gasteiger partial charge < -0.3 is 25.4 Å². The molecule has 3 aromatic rings. The van der Waals surface area contributed by atoms with E-state index in [0.29, 0.717) is 30.3 Å². The number of likely N-dealkylation sites (N-methyl/N-ethyl adjacent to an activating group) is 2. The molecule has 0 radical (unpaired) electrons. The van der Waals surface area contributed by atoms with E-state index in [-0.39, 0.29) is 53.1 Å². The Labute approximate surface area is 312 Å². The molecule has 0 aliphatic heterocycles. The van der Waals surface area contributed by atoms with Gasteiger partial charge in [0.05, 0.1) is 12.1 Å². The molecule has 52 heavy (non-hydrogen) atoms. The first kappa shape index (κ1) is 42.5. The molecule has 2 aromatic heterocycles. The Kier molecular flexibility index (Phi) is 16.6. The minimum Gasteiger partial charge on any atom is -0.508 e. The quantitative estimate of drug-likeness (QED) is 0.117. The molecule has 14 nitrogen and oxygen atoms in total. The minimum absolute atomic E-state index is 0.0588. The number of phenols is 1. The van der Waals surface area contributed by atoms with E-state index in [0.717, 1.165) is 24.8 Å². The molecule has 0 aliphatic carbocycles. The molecule has 3 amide bonds. The number of nitrogens with one attached hydrogen (secondary N) is 3. The molecule has 15 heteroatoms. The Balaban J connectivity index is 1.83. The van der Waals surface area contributed by atoms with E-state index in [9.17, 15) is 19.5 Å². The van der Waals surface area contributed by atoms with Crippen molar-refractivity contribution < 1.29 is 24.2 Å². The first-order chi connectivity index (χ1) is 24.7. The zero-order valence-electron chi connectivity index (χ0n) is 32.4. The first-order valence-corrected chi connectivity index (χ1v) is 19.2. The lowest BCUT2D eigenvalue weighted by molar-refractivity contribution is -0.141. The minimum atomic E-state index is -0.686. The molecule has 0 saturated heterocycles. The van der Waals surface area contributed by atoms with Crippen LogP contribution in [-0.2, 0) is 20.7 Å². The summed E-state index contributed by atoms with van der Waals surface area (Å²) in [5.41, 5.74) is 1.10. The number of carbonyl (C=O) groups excluding carboxylic acids is 3. The van der Waals surface area contributed by atoms with Crippen LogP contribution in [-0.4, -0.2) is 104 Å². The van der Waals surface area contributed by atoms with Gasteiger partial charge in [0.25, 0.3) is 5.91 Å². The molecule has 7 atom stereocenters. The molecule has 1 aromatic carbocycles. The summed E-state index contributed by atoms with van der Waals surface area (Å²) in [7, 11) is 5.59. The Morgan fingerprint density at radius 1 is 0.981 bits per heavy atom. The number of thiazole rings is 1. The third-order valence-electron chi connectivity index (χ3n) is 9.78. The van der Waals surface area contributed by atoms with Crippen molar-refractivity contribution in [2.24, 2.45) is 17.8 Å². The number of ether oxygens (including phenoxy) is 1. The summed E-state index contributed by atoms with van der Waals surface area (Å²) in [6.45, 7) is 14.8. The van der Waals surface area contributed by atoms with Crippen LogP contribution >= 0.6 is 11.3 Å². The van der Waals surface area contributed by atoms with E-state index in [4.69, 9.17) is 9.72 Å². The highest BCUT2D eigenvalue weighted by Crippen LogP contribution is 2.31. The second-order valence-corrected chi connectivity index (χ2v) is 15.2. The number of phenolic OH excluding ortho intramolecular Hbond substituents is 1. The van der Waals surface area contributed by atoms with E-state index in [1.807, 2.05) is 39.8 Å². The van der Waals surface area contributed by atoms with Crippen LogP contribution in [0.2, 0.25) is 0 Å². The highest BCUT2D eigenvalue weighted by atomic mass is 32.1. The van der Waals surface area contributed by atoms with E-state index in [2.05, 4.69) is 59.0 Å². The number of aromatic amines is 1. The standard InChI is InChI=1S/C37H59N9O5S/c1-11-18-51-30(20-29(22(4)5)46(10)37(50)31(23(6)12-2)40-35(49)32(45(8)9)24(7)13-3)36-39-28(21-52-36)34(48)38-27(33-41-43-44-42-33)19-25-14-16-26(47)17-15-25/h14-17,21-24,27,29-32,47H,11-13,18-20H2,1-10H3,(H,38,48)(H,40,49)(H,41,42,43,44)/t23-,24-,27-,29+,30+,31-,32+/m0/s1. The smallest absolute Gasteiger partial charge is 0.271 e. The summed E-state index contributed by atoms with van der Waals surface area (Å²) in [5.74, 6) is -0.0494. The zero-order valence-corrected chi connectivity index (χ0v) is 33.2. The van der Waals surface area contributed by atoms with Crippen LogP contribution in [0, 0.1) is 17.8 Å². The number of carbonyl (C=O) groups is 3. The van der Waals surface area contributed by atoms with Crippen LogP contribution in [0.5, 0.6) is 5.75 Å². The number of hydrogen-bond donors (Lipinski definition) is 4. The molecule has 0 fully saturated rings. The van der Waals surface area contributed by atoms with Crippen LogP contribution in [0.4, 0.5) is 0 Å². The number of aromatic hydroxyl groups is 1. The lowest BCUT2D eigenvalue weighted by Crippen LogP contribution is -2.58. The van der Waals surface area contributed by atoms with E-state index in [1.165, 1.54) is 11.3 Å². The average molecular weight is 742 g/mol. The van der Waals surface area contributed by atoms with Crippen LogP contribution in [0.3, 0.4) is 0 Å². The number of benzene rings is 1. The molecule has 0 aliphatic rings.